The van der Waals surface area contributed by atoms with Gasteiger partial charge in [-0.05, 0) is 25.6 Å². The lowest BCUT2D eigenvalue weighted by Crippen LogP contribution is -2.10. The van der Waals surface area contributed by atoms with E-state index >= 15 is 0 Å². The van der Waals surface area contributed by atoms with Crippen LogP contribution in [0.4, 0.5) is 13.2 Å². The first-order valence-electron chi connectivity index (χ1n) is 4.18. The molecule has 0 radical (unpaired) electrons. The van der Waals surface area contributed by atoms with Crippen molar-refractivity contribution in [3.63, 3.8) is 0 Å². The maximum absolute atomic E-state index is 12.3. The van der Waals surface area contributed by atoms with E-state index in [9.17, 15) is 13.2 Å². The van der Waals surface area contributed by atoms with Crippen LogP contribution in [-0.4, -0.2) is 11.5 Å². The number of alkyl halides is 3. The summed E-state index contributed by atoms with van der Waals surface area (Å²) in [7, 11) is 0. The van der Waals surface area contributed by atoms with E-state index in [2.05, 4.69) is 4.98 Å². The molecular formula is C9H11F3N2. The highest BCUT2D eigenvalue weighted by atomic mass is 19.4. The lowest BCUT2D eigenvalue weighted by atomic mass is 10.1. The van der Waals surface area contributed by atoms with E-state index in [1.807, 2.05) is 0 Å². The summed E-state index contributed by atoms with van der Waals surface area (Å²) in [5.41, 5.74) is 5.34. The van der Waals surface area contributed by atoms with Crippen molar-refractivity contribution < 1.29 is 13.2 Å². The normalized spacial score (nSPS) is 11.8. The average molecular weight is 204 g/mol. The molecule has 0 aliphatic carbocycles. The number of rotatable bonds is 2. The number of nitrogens with zero attached hydrogens (tertiary/aromatic N) is 1. The maximum atomic E-state index is 12.3. The molecule has 14 heavy (non-hydrogen) atoms. The third-order valence-electron chi connectivity index (χ3n) is 1.73. The zero-order valence-corrected chi connectivity index (χ0v) is 7.73. The van der Waals surface area contributed by atoms with Gasteiger partial charge in [-0.15, -0.1) is 0 Å². The van der Waals surface area contributed by atoms with Crippen molar-refractivity contribution in [2.75, 3.05) is 6.54 Å². The minimum atomic E-state index is -4.31. The van der Waals surface area contributed by atoms with Crippen LogP contribution in [0.2, 0.25) is 0 Å². The van der Waals surface area contributed by atoms with Crippen molar-refractivity contribution in [2.45, 2.75) is 19.5 Å². The summed E-state index contributed by atoms with van der Waals surface area (Å²) in [4.78, 5) is 3.96. The Hall–Kier alpha value is -1.10. The summed E-state index contributed by atoms with van der Waals surface area (Å²) in [6.07, 6.45) is -3.94. The predicted molar refractivity (Wildman–Crippen MR) is 46.7 cm³/mol. The minimum absolute atomic E-state index is 0.299. The molecule has 1 aromatic rings. The molecule has 0 bridgehead atoms. The molecule has 78 valence electrons. The zero-order chi connectivity index (χ0) is 10.8. The Balaban J connectivity index is 3.07. The third kappa shape index (κ3) is 2.70. The Morgan fingerprint density at radius 3 is 2.50 bits per heavy atom. The Morgan fingerprint density at radius 1 is 1.36 bits per heavy atom. The first-order chi connectivity index (χ1) is 6.43. The lowest BCUT2D eigenvalue weighted by molar-refractivity contribution is -0.137. The molecular weight excluding hydrogens is 193 g/mol. The van der Waals surface area contributed by atoms with Gasteiger partial charge in [0.15, 0.2) is 0 Å². The summed E-state index contributed by atoms with van der Waals surface area (Å²) in [6.45, 7) is 1.84. The van der Waals surface area contributed by atoms with E-state index in [0.29, 0.717) is 24.4 Å². The highest BCUT2D eigenvalue weighted by Crippen LogP contribution is 2.29. The van der Waals surface area contributed by atoms with Gasteiger partial charge in [-0.1, -0.05) is 0 Å². The largest absolute Gasteiger partial charge is 0.416 e. The number of pyridine rings is 1. The van der Waals surface area contributed by atoms with E-state index in [0.717, 1.165) is 12.1 Å². The standard InChI is InChI=1S/C9H11F3N2/c1-6-4-7(9(10,11)12)5-8(14-6)2-3-13/h4-5H,2-3,13H2,1H3. The molecule has 1 rings (SSSR count). The van der Waals surface area contributed by atoms with Crippen LogP contribution in [0.1, 0.15) is 17.0 Å². The highest BCUT2D eigenvalue weighted by molar-refractivity contribution is 5.23. The molecule has 2 nitrogen and oxygen atoms in total. The van der Waals surface area contributed by atoms with Crippen molar-refractivity contribution in [3.05, 3.63) is 29.1 Å². The van der Waals surface area contributed by atoms with Gasteiger partial charge < -0.3 is 5.73 Å². The van der Waals surface area contributed by atoms with Crippen molar-refractivity contribution in [1.29, 1.82) is 0 Å². The molecule has 0 saturated heterocycles. The Bertz CT molecular complexity index is 320. The van der Waals surface area contributed by atoms with E-state index in [4.69, 9.17) is 5.73 Å². The molecule has 1 heterocycles. The van der Waals surface area contributed by atoms with E-state index < -0.39 is 11.7 Å². The maximum Gasteiger partial charge on any atom is 0.416 e. The third-order valence-corrected chi connectivity index (χ3v) is 1.73. The first kappa shape index (κ1) is 11.0. The van der Waals surface area contributed by atoms with E-state index in [-0.39, 0.29) is 0 Å². The van der Waals surface area contributed by atoms with Gasteiger partial charge >= 0.3 is 6.18 Å². The number of hydrogen-bond donors (Lipinski definition) is 1. The molecule has 0 unspecified atom stereocenters. The van der Waals surface area contributed by atoms with Crippen molar-refractivity contribution in [2.24, 2.45) is 5.73 Å². The van der Waals surface area contributed by atoms with Crippen LogP contribution in [0.25, 0.3) is 0 Å². The van der Waals surface area contributed by atoms with Crippen LogP contribution >= 0.6 is 0 Å². The summed E-state index contributed by atoms with van der Waals surface area (Å²) >= 11 is 0. The SMILES string of the molecule is Cc1cc(C(F)(F)F)cc(CCN)n1. The summed E-state index contributed by atoms with van der Waals surface area (Å²) in [6, 6.07) is 2.07. The second-order valence-corrected chi connectivity index (χ2v) is 3.02. The van der Waals surface area contributed by atoms with Gasteiger partial charge in [0.2, 0.25) is 0 Å². The Kier molecular flexibility index (Phi) is 3.10. The second-order valence-electron chi connectivity index (χ2n) is 3.02. The molecule has 0 saturated carbocycles. The summed E-state index contributed by atoms with van der Waals surface area (Å²) in [5.74, 6) is 0. The van der Waals surface area contributed by atoms with Crippen LogP contribution in [-0.2, 0) is 12.6 Å². The fraction of sp³-hybridized carbons (Fsp3) is 0.444. The monoisotopic (exact) mass is 204 g/mol. The molecule has 0 aliphatic rings. The van der Waals surface area contributed by atoms with Crippen molar-refractivity contribution in [3.8, 4) is 0 Å². The van der Waals surface area contributed by atoms with Crippen LogP contribution < -0.4 is 5.73 Å². The fourth-order valence-corrected chi connectivity index (χ4v) is 1.18. The molecule has 0 atom stereocenters. The van der Waals surface area contributed by atoms with Crippen molar-refractivity contribution in [1.82, 2.24) is 4.98 Å². The number of aromatic nitrogens is 1. The number of hydrogen-bond acceptors (Lipinski definition) is 2. The molecule has 0 spiro atoms. The highest BCUT2D eigenvalue weighted by Gasteiger charge is 2.31. The molecule has 1 aromatic heterocycles. The van der Waals surface area contributed by atoms with Gasteiger partial charge in [0, 0.05) is 17.8 Å². The molecule has 0 amide bonds. The van der Waals surface area contributed by atoms with Gasteiger partial charge in [0.05, 0.1) is 5.56 Å². The Morgan fingerprint density at radius 2 is 2.00 bits per heavy atom. The smallest absolute Gasteiger partial charge is 0.330 e. The minimum Gasteiger partial charge on any atom is -0.330 e. The Labute approximate surface area is 79.9 Å². The topological polar surface area (TPSA) is 38.9 Å². The first-order valence-corrected chi connectivity index (χ1v) is 4.18. The molecule has 0 fully saturated rings. The molecule has 0 aliphatic heterocycles. The van der Waals surface area contributed by atoms with Gasteiger partial charge in [0.1, 0.15) is 0 Å². The van der Waals surface area contributed by atoms with E-state index in [1.165, 1.54) is 6.92 Å². The summed E-state index contributed by atoms with van der Waals surface area (Å²) in [5, 5.41) is 0. The predicted octanol–water partition coefficient (Wildman–Crippen LogP) is 1.91. The van der Waals surface area contributed by atoms with Gasteiger partial charge in [0.25, 0.3) is 0 Å². The average Bonchev–Trinajstić information content (AvgIpc) is 2.02. The fourth-order valence-electron chi connectivity index (χ4n) is 1.18. The molecule has 0 aromatic carbocycles. The van der Waals surface area contributed by atoms with Crippen LogP contribution in [0.15, 0.2) is 12.1 Å². The van der Waals surface area contributed by atoms with Crippen LogP contribution in [0, 0.1) is 6.92 Å². The van der Waals surface area contributed by atoms with Gasteiger partial charge in [-0.2, -0.15) is 13.2 Å². The molecule has 5 heteroatoms. The lowest BCUT2D eigenvalue weighted by Gasteiger charge is -2.09. The number of nitrogens with two attached hydrogens (primary N) is 1. The second kappa shape index (κ2) is 3.96. The van der Waals surface area contributed by atoms with Crippen molar-refractivity contribution >= 4 is 0 Å². The van der Waals surface area contributed by atoms with Gasteiger partial charge in [-0.25, -0.2) is 0 Å². The summed E-state index contributed by atoms with van der Waals surface area (Å²) < 4.78 is 37.0. The quantitative estimate of drug-likeness (QED) is 0.799. The van der Waals surface area contributed by atoms with Crippen LogP contribution in [0.3, 0.4) is 0 Å². The van der Waals surface area contributed by atoms with Gasteiger partial charge in [-0.3, -0.25) is 4.98 Å². The number of aryl methyl sites for hydroxylation is 1. The zero-order valence-electron chi connectivity index (χ0n) is 7.73. The van der Waals surface area contributed by atoms with Crippen LogP contribution in [0.5, 0.6) is 0 Å². The molecule has 2 N–H and O–H groups in total. The number of halogens is 3. The van der Waals surface area contributed by atoms with E-state index in [1.54, 1.807) is 0 Å².